The molecule has 0 amide bonds. The number of nitrogens with one attached hydrogen (secondary N) is 1. The summed E-state index contributed by atoms with van der Waals surface area (Å²) < 4.78 is 2.90. The predicted octanol–water partition coefficient (Wildman–Crippen LogP) is 0.0297. The molecular weight excluding hydrogens is 372 g/mol. The van der Waals surface area contributed by atoms with Gasteiger partial charge in [-0.15, -0.1) is 0 Å². The molecule has 0 aromatic carbocycles. The maximum atomic E-state index is 2.90. The van der Waals surface area contributed by atoms with Crippen molar-refractivity contribution in [3.8, 4) is 0 Å². The van der Waals surface area contributed by atoms with Crippen molar-refractivity contribution in [3.63, 3.8) is 0 Å². The molecule has 0 aliphatic heterocycles. The van der Waals surface area contributed by atoms with E-state index in [0.717, 1.165) is 6.54 Å². The van der Waals surface area contributed by atoms with Crippen LogP contribution in [0.3, 0.4) is 0 Å². The van der Waals surface area contributed by atoms with Crippen LogP contribution in [0, 0.1) is 0 Å². The fourth-order valence-corrected chi connectivity index (χ4v) is 0. The van der Waals surface area contributed by atoms with Crippen LogP contribution in [0.15, 0.2) is 0 Å². The summed E-state index contributed by atoms with van der Waals surface area (Å²) in [6, 6.07) is 0. The van der Waals surface area contributed by atoms with Gasteiger partial charge in [-0.1, -0.05) is 6.92 Å². The molecule has 0 aromatic heterocycles. The fourth-order valence-electron chi connectivity index (χ4n) is 0. The van der Waals surface area contributed by atoms with E-state index in [1.165, 1.54) is 0 Å². The number of rotatable bonds is 1. The minimum atomic E-state index is 0. The second kappa shape index (κ2) is 9.15. The fraction of sp³-hybridized carbons (Fsp3) is 1.00. The van der Waals surface area contributed by atoms with Gasteiger partial charge in [-0.3, -0.25) is 3.53 Å². The van der Waals surface area contributed by atoms with Crippen LogP contribution in [-0.2, 0) is 0 Å². The third kappa shape index (κ3) is 10.7. The summed E-state index contributed by atoms with van der Waals surface area (Å²) in [6.45, 7) is 3.12. The Bertz CT molecular complexity index is 11.6. The zero-order valence-corrected chi connectivity index (χ0v) is 10.9. The first kappa shape index (κ1) is 9.79. The van der Waals surface area contributed by atoms with E-state index in [0.29, 0.717) is 0 Å². The van der Waals surface area contributed by atoms with Gasteiger partial charge >= 0.3 is 27.3 Å². The van der Waals surface area contributed by atoms with E-state index in [2.05, 4.69) is 33.3 Å². The van der Waals surface area contributed by atoms with Crippen molar-refractivity contribution in [1.82, 2.24) is 3.53 Å². The normalized spacial score (nSPS) is 6.00. The first-order chi connectivity index (χ1) is 1.91. The zero-order chi connectivity index (χ0) is 3.41. The van der Waals surface area contributed by atoms with Gasteiger partial charge in [0.15, 0.2) is 0 Å². The number of hydrogen-bond acceptors (Lipinski definition) is 1. The van der Waals surface area contributed by atoms with Crippen molar-refractivity contribution >= 4 is 50.2 Å². The monoisotopic (exact) mass is 381 g/mol. The van der Waals surface area contributed by atoms with Gasteiger partial charge in [0.25, 0.3) is 0 Å². The van der Waals surface area contributed by atoms with Crippen LogP contribution < -0.4 is 3.53 Å². The quantitative estimate of drug-likeness (QED) is 0.385. The average molecular weight is 380 g/mol. The van der Waals surface area contributed by atoms with Gasteiger partial charge in [0.1, 0.15) is 0 Å². The van der Waals surface area contributed by atoms with Crippen molar-refractivity contribution in [2.24, 2.45) is 0 Å². The zero-order valence-electron chi connectivity index (χ0n) is 3.29. The van der Waals surface area contributed by atoms with Crippen molar-refractivity contribution in [2.75, 3.05) is 6.54 Å². The molecule has 2 radical (unpaired) electrons. The van der Waals surface area contributed by atoms with Crippen LogP contribution in [-0.4, -0.2) is 33.8 Å². The van der Waals surface area contributed by atoms with Crippen LogP contribution in [0.1, 0.15) is 6.92 Å². The second-order valence-corrected chi connectivity index (χ2v) is 1.25. The molecule has 1 N–H and O–H groups in total. The molecular formula is C2H8INPb. The average Bonchev–Trinajstić information content (AvgIpc) is 1.37. The number of halogens is 1. The Kier molecular flexibility index (Phi) is 17.9. The van der Waals surface area contributed by atoms with Gasteiger partial charge in [0.05, 0.1) is 0 Å². The van der Waals surface area contributed by atoms with E-state index < -0.39 is 0 Å². The molecule has 3 heteroatoms. The molecule has 0 heterocycles. The first-order valence-corrected chi connectivity index (χ1v) is 2.33. The van der Waals surface area contributed by atoms with Gasteiger partial charge in [-0.25, -0.2) is 0 Å². The third-order valence-electron chi connectivity index (χ3n) is 0.134. The molecule has 32 valence electrons. The summed E-state index contributed by atoms with van der Waals surface area (Å²) in [6.07, 6.45) is 0. The molecule has 0 atom stereocenters. The van der Waals surface area contributed by atoms with Crippen molar-refractivity contribution in [1.29, 1.82) is 0 Å². The van der Waals surface area contributed by atoms with Gasteiger partial charge in [0.2, 0.25) is 0 Å². The van der Waals surface area contributed by atoms with Crippen LogP contribution in [0.4, 0.5) is 0 Å². The molecule has 0 fully saturated rings. The van der Waals surface area contributed by atoms with E-state index >= 15 is 0 Å². The van der Waals surface area contributed by atoms with E-state index in [-0.39, 0.29) is 27.3 Å². The maximum absolute atomic E-state index is 2.90. The molecule has 0 unspecified atom stereocenters. The molecule has 5 heavy (non-hydrogen) atoms. The second-order valence-electron chi connectivity index (χ2n) is 0.487. The van der Waals surface area contributed by atoms with Crippen molar-refractivity contribution in [3.05, 3.63) is 0 Å². The van der Waals surface area contributed by atoms with E-state index in [1.807, 2.05) is 0 Å². The molecule has 0 saturated heterocycles. The van der Waals surface area contributed by atoms with E-state index in [4.69, 9.17) is 0 Å². The molecule has 0 rings (SSSR count). The number of hydrogen-bond donors (Lipinski definition) is 1. The van der Waals surface area contributed by atoms with Gasteiger partial charge in [-0.2, -0.15) is 0 Å². The van der Waals surface area contributed by atoms with Gasteiger partial charge in [0, 0.05) is 29.4 Å². The van der Waals surface area contributed by atoms with Crippen LogP contribution in [0.2, 0.25) is 0 Å². The molecule has 0 bridgehead atoms. The van der Waals surface area contributed by atoms with Crippen LogP contribution >= 0.6 is 22.9 Å². The Hall–Kier alpha value is 1.61. The summed E-state index contributed by atoms with van der Waals surface area (Å²) >= 11 is 2.10. The summed E-state index contributed by atoms with van der Waals surface area (Å²) in [7, 11) is 0. The van der Waals surface area contributed by atoms with Crippen LogP contribution in [0.25, 0.3) is 0 Å². The molecule has 0 saturated carbocycles. The molecule has 1 nitrogen and oxygen atoms in total. The van der Waals surface area contributed by atoms with Gasteiger partial charge < -0.3 is 0 Å². The van der Waals surface area contributed by atoms with Gasteiger partial charge in [-0.05, 0) is 0 Å². The van der Waals surface area contributed by atoms with E-state index in [9.17, 15) is 0 Å². The molecule has 0 aliphatic carbocycles. The Morgan fingerprint density at radius 2 is 2.00 bits per heavy atom. The standard InChI is InChI=1S/C2H6IN.Pb.2H/c1-2-4-3;;;/h4H,2H2,1H3;;;. The SMILES string of the molecule is CCNI.[PbH2]. The van der Waals surface area contributed by atoms with Crippen LogP contribution in [0.5, 0.6) is 0 Å². The minimum absolute atomic E-state index is 0. The third-order valence-corrected chi connectivity index (χ3v) is 0.896. The summed E-state index contributed by atoms with van der Waals surface area (Å²) in [4.78, 5) is 0. The van der Waals surface area contributed by atoms with E-state index in [1.54, 1.807) is 0 Å². The molecule has 0 spiro atoms. The Morgan fingerprint density at radius 3 is 2.00 bits per heavy atom. The first-order valence-electron chi connectivity index (χ1n) is 1.25. The predicted molar refractivity (Wildman–Crippen MR) is 36.2 cm³/mol. The topological polar surface area (TPSA) is 12.0 Å². The van der Waals surface area contributed by atoms with Crippen molar-refractivity contribution in [2.45, 2.75) is 6.92 Å². The Morgan fingerprint density at radius 1 is 1.80 bits per heavy atom. The molecule has 0 aromatic rings. The Labute approximate surface area is 66.6 Å². The Balaban J connectivity index is 0. The molecule has 0 aliphatic rings. The summed E-state index contributed by atoms with van der Waals surface area (Å²) in [5, 5.41) is 0. The van der Waals surface area contributed by atoms with Crippen molar-refractivity contribution < 1.29 is 0 Å². The summed E-state index contributed by atoms with van der Waals surface area (Å²) in [5.41, 5.74) is 0. The summed E-state index contributed by atoms with van der Waals surface area (Å²) in [5.74, 6) is 0.